The SMILES string of the molecule is CC(=O)N[C@@H]1CCCN(C(=O)CCNS(=O)(=O)c2ccc(F)cc2)C1. The lowest BCUT2D eigenvalue weighted by atomic mass is 10.1. The Morgan fingerprint density at radius 2 is 1.96 bits per heavy atom. The molecule has 2 rings (SSSR count). The number of hydrogen-bond acceptors (Lipinski definition) is 4. The molecule has 1 fully saturated rings. The van der Waals surface area contributed by atoms with Crippen LogP contribution >= 0.6 is 0 Å². The van der Waals surface area contributed by atoms with Crippen LogP contribution in [0.1, 0.15) is 26.2 Å². The average molecular weight is 371 g/mol. The third kappa shape index (κ3) is 5.79. The fourth-order valence-electron chi connectivity index (χ4n) is 2.76. The molecule has 0 unspecified atom stereocenters. The molecule has 0 bridgehead atoms. The van der Waals surface area contributed by atoms with Gasteiger partial charge in [-0.15, -0.1) is 0 Å². The molecule has 1 aliphatic rings. The van der Waals surface area contributed by atoms with Crippen LogP contribution < -0.4 is 10.0 Å². The van der Waals surface area contributed by atoms with Crippen molar-refractivity contribution in [2.45, 2.75) is 37.1 Å². The lowest BCUT2D eigenvalue weighted by molar-refractivity contribution is -0.133. The number of benzene rings is 1. The fourth-order valence-corrected chi connectivity index (χ4v) is 3.79. The summed E-state index contributed by atoms with van der Waals surface area (Å²) in [5.74, 6) is -0.823. The van der Waals surface area contributed by atoms with E-state index in [0.717, 1.165) is 25.0 Å². The fraction of sp³-hybridized carbons (Fsp3) is 0.500. The van der Waals surface area contributed by atoms with E-state index in [4.69, 9.17) is 0 Å². The van der Waals surface area contributed by atoms with Gasteiger partial charge in [0.2, 0.25) is 21.8 Å². The zero-order valence-electron chi connectivity index (χ0n) is 14.0. The van der Waals surface area contributed by atoms with Crippen LogP contribution in [0.2, 0.25) is 0 Å². The van der Waals surface area contributed by atoms with Crippen molar-refractivity contribution in [3.05, 3.63) is 30.1 Å². The monoisotopic (exact) mass is 371 g/mol. The molecule has 138 valence electrons. The smallest absolute Gasteiger partial charge is 0.240 e. The van der Waals surface area contributed by atoms with Gasteiger partial charge in [-0.1, -0.05) is 0 Å². The maximum atomic E-state index is 12.9. The van der Waals surface area contributed by atoms with Gasteiger partial charge in [0.15, 0.2) is 0 Å². The van der Waals surface area contributed by atoms with Gasteiger partial charge in [-0.05, 0) is 37.1 Å². The van der Waals surface area contributed by atoms with E-state index in [0.29, 0.717) is 13.1 Å². The molecule has 1 aliphatic heterocycles. The molecule has 0 radical (unpaired) electrons. The summed E-state index contributed by atoms with van der Waals surface area (Å²) in [7, 11) is -3.77. The maximum Gasteiger partial charge on any atom is 0.240 e. The van der Waals surface area contributed by atoms with Crippen molar-refractivity contribution in [2.75, 3.05) is 19.6 Å². The van der Waals surface area contributed by atoms with E-state index in [1.165, 1.54) is 19.1 Å². The lowest BCUT2D eigenvalue weighted by Gasteiger charge is -2.33. The highest BCUT2D eigenvalue weighted by molar-refractivity contribution is 7.89. The van der Waals surface area contributed by atoms with Gasteiger partial charge in [-0.25, -0.2) is 17.5 Å². The Labute approximate surface area is 146 Å². The Kier molecular flexibility index (Phi) is 6.49. The summed E-state index contributed by atoms with van der Waals surface area (Å²) >= 11 is 0. The molecule has 1 saturated heterocycles. The predicted molar refractivity (Wildman–Crippen MR) is 89.6 cm³/mol. The van der Waals surface area contributed by atoms with Gasteiger partial charge in [-0.2, -0.15) is 0 Å². The molecular weight excluding hydrogens is 349 g/mol. The number of halogens is 1. The molecule has 9 heteroatoms. The second-order valence-corrected chi connectivity index (χ2v) is 7.75. The van der Waals surface area contributed by atoms with E-state index in [1.54, 1.807) is 4.90 Å². The maximum absolute atomic E-state index is 12.9. The van der Waals surface area contributed by atoms with Gasteiger partial charge >= 0.3 is 0 Å². The van der Waals surface area contributed by atoms with Crippen molar-refractivity contribution in [3.63, 3.8) is 0 Å². The van der Waals surface area contributed by atoms with Crippen molar-refractivity contribution in [2.24, 2.45) is 0 Å². The summed E-state index contributed by atoms with van der Waals surface area (Å²) in [6, 6.07) is 4.40. The zero-order valence-corrected chi connectivity index (χ0v) is 14.8. The summed E-state index contributed by atoms with van der Waals surface area (Å²) in [6.45, 7) is 2.42. The largest absolute Gasteiger partial charge is 0.352 e. The van der Waals surface area contributed by atoms with Gasteiger partial charge < -0.3 is 10.2 Å². The number of hydrogen-bond donors (Lipinski definition) is 2. The number of sulfonamides is 1. The Balaban J connectivity index is 1.83. The molecule has 0 aliphatic carbocycles. The van der Waals surface area contributed by atoms with Crippen LogP contribution in [0.5, 0.6) is 0 Å². The van der Waals surface area contributed by atoms with Gasteiger partial charge in [0.25, 0.3) is 0 Å². The second-order valence-electron chi connectivity index (χ2n) is 5.98. The number of carbonyl (C=O) groups is 2. The van der Waals surface area contributed by atoms with Gasteiger partial charge in [0, 0.05) is 39.0 Å². The molecule has 1 aromatic carbocycles. The normalized spacial score (nSPS) is 18.0. The van der Waals surface area contributed by atoms with Crippen LogP contribution in [0.3, 0.4) is 0 Å². The molecular formula is C16H22FN3O4S. The molecule has 2 amide bonds. The molecule has 25 heavy (non-hydrogen) atoms. The van der Waals surface area contributed by atoms with E-state index in [1.807, 2.05) is 0 Å². The molecule has 0 saturated carbocycles. The van der Waals surface area contributed by atoms with Crippen LogP contribution in [-0.4, -0.2) is 50.8 Å². The van der Waals surface area contributed by atoms with E-state index in [2.05, 4.69) is 10.0 Å². The van der Waals surface area contributed by atoms with Crippen molar-refractivity contribution >= 4 is 21.8 Å². The summed E-state index contributed by atoms with van der Waals surface area (Å²) < 4.78 is 39.3. The number of nitrogens with one attached hydrogen (secondary N) is 2. The first-order valence-electron chi connectivity index (χ1n) is 8.08. The van der Waals surface area contributed by atoms with Crippen LogP contribution in [0.25, 0.3) is 0 Å². The lowest BCUT2D eigenvalue weighted by Crippen LogP contribution is -2.49. The molecule has 1 heterocycles. The summed E-state index contributed by atoms with van der Waals surface area (Å²) in [5.41, 5.74) is 0. The number of rotatable bonds is 6. The first kappa shape index (κ1) is 19.3. The first-order valence-corrected chi connectivity index (χ1v) is 9.56. The summed E-state index contributed by atoms with van der Waals surface area (Å²) in [5, 5.41) is 2.80. The minimum Gasteiger partial charge on any atom is -0.352 e. The third-order valence-electron chi connectivity index (χ3n) is 3.94. The molecule has 1 aromatic rings. The van der Waals surface area contributed by atoms with E-state index in [-0.39, 0.29) is 35.7 Å². The summed E-state index contributed by atoms with van der Waals surface area (Å²) in [4.78, 5) is 24.9. The van der Waals surface area contributed by atoms with Gasteiger partial charge in [0.1, 0.15) is 5.82 Å². The van der Waals surface area contributed by atoms with Crippen molar-refractivity contribution in [1.29, 1.82) is 0 Å². The number of piperidine rings is 1. The highest BCUT2D eigenvalue weighted by atomic mass is 32.2. The highest BCUT2D eigenvalue weighted by Gasteiger charge is 2.24. The Bertz CT molecular complexity index is 721. The zero-order chi connectivity index (χ0) is 18.4. The van der Waals surface area contributed by atoms with Crippen LogP contribution in [0.15, 0.2) is 29.2 Å². The van der Waals surface area contributed by atoms with Crippen LogP contribution in [0.4, 0.5) is 4.39 Å². The van der Waals surface area contributed by atoms with Crippen molar-refractivity contribution < 1.29 is 22.4 Å². The van der Waals surface area contributed by atoms with Crippen molar-refractivity contribution in [1.82, 2.24) is 14.9 Å². The number of amides is 2. The first-order chi connectivity index (χ1) is 11.8. The topological polar surface area (TPSA) is 95.6 Å². The standard InChI is InChI=1S/C16H22FN3O4S/c1-12(21)19-14-3-2-10-20(11-14)16(22)8-9-18-25(23,24)15-6-4-13(17)5-7-15/h4-7,14,18H,2-3,8-11H2,1H3,(H,19,21)/t14-/m1/s1. The third-order valence-corrected chi connectivity index (χ3v) is 5.41. The minimum absolute atomic E-state index is 0.0210. The predicted octanol–water partition coefficient (Wildman–Crippen LogP) is 0.621. The number of nitrogens with zero attached hydrogens (tertiary/aromatic N) is 1. The Morgan fingerprint density at radius 3 is 2.60 bits per heavy atom. The molecule has 2 N–H and O–H groups in total. The average Bonchev–Trinajstić information content (AvgIpc) is 2.54. The summed E-state index contributed by atoms with van der Waals surface area (Å²) in [6.07, 6.45) is 1.63. The number of likely N-dealkylation sites (tertiary alicyclic amines) is 1. The number of carbonyl (C=O) groups excluding carboxylic acids is 2. The molecule has 0 aromatic heterocycles. The Morgan fingerprint density at radius 1 is 1.28 bits per heavy atom. The van der Waals surface area contributed by atoms with Crippen molar-refractivity contribution in [3.8, 4) is 0 Å². The minimum atomic E-state index is -3.77. The van der Waals surface area contributed by atoms with Gasteiger partial charge in [0.05, 0.1) is 4.90 Å². The van der Waals surface area contributed by atoms with Crippen LogP contribution in [0, 0.1) is 5.82 Å². The second kappa shape index (κ2) is 8.39. The Hall–Kier alpha value is -2.00. The molecule has 1 atom stereocenters. The van der Waals surface area contributed by atoms with E-state index < -0.39 is 15.8 Å². The van der Waals surface area contributed by atoms with Crippen LogP contribution in [-0.2, 0) is 19.6 Å². The molecule has 0 spiro atoms. The van der Waals surface area contributed by atoms with Gasteiger partial charge in [-0.3, -0.25) is 9.59 Å². The highest BCUT2D eigenvalue weighted by Crippen LogP contribution is 2.12. The molecule has 7 nitrogen and oxygen atoms in total. The van der Waals surface area contributed by atoms with E-state index >= 15 is 0 Å². The van der Waals surface area contributed by atoms with E-state index in [9.17, 15) is 22.4 Å². The quantitative estimate of drug-likeness (QED) is 0.766.